The van der Waals surface area contributed by atoms with Crippen molar-refractivity contribution in [2.75, 3.05) is 24.5 Å². The number of carbonyl (C=O) groups is 5. The molecule has 0 radical (unpaired) electrons. The molecule has 13 heteroatoms. The summed E-state index contributed by atoms with van der Waals surface area (Å²) in [4.78, 5) is 64.3. The molecule has 1 aromatic rings. The van der Waals surface area contributed by atoms with Crippen molar-refractivity contribution in [3.63, 3.8) is 0 Å². The lowest BCUT2D eigenvalue weighted by Gasteiger charge is -2.27. The van der Waals surface area contributed by atoms with Crippen LogP contribution in [-0.2, 0) is 14.4 Å². The first-order chi connectivity index (χ1) is 14.2. The van der Waals surface area contributed by atoms with Crippen molar-refractivity contribution < 1.29 is 33.5 Å². The number of carboxylic acids is 1. The van der Waals surface area contributed by atoms with E-state index in [0.717, 1.165) is 17.0 Å². The molecule has 2 heterocycles. The van der Waals surface area contributed by atoms with E-state index in [1.54, 1.807) is 0 Å². The fourth-order valence-electron chi connectivity index (χ4n) is 3.38. The van der Waals surface area contributed by atoms with Gasteiger partial charge in [0, 0.05) is 24.4 Å². The predicted octanol–water partition coefficient (Wildman–Crippen LogP) is 0.428. The summed E-state index contributed by atoms with van der Waals surface area (Å²) in [7, 11) is 0. The van der Waals surface area contributed by atoms with E-state index < -0.39 is 48.0 Å². The second kappa shape index (κ2) is 8.17. The molecule has 0 aromatic heterocycles. The number of azide groups is 1. The molecule has 3 rings (SSSR count). The number of amides is 4. The molecule has 2 N–H and O–H groups in total. The zero-order valence-corrected chi connectivity index (χ0v) is 15.4. The number of carbonyl (C=O) groups excluding carboxylic acids is 4. The van der Waals surface area contributed by atoms with Crippen LogP contribution in [0.25, 0.3) is 10.4 Å². The molecule has 0 bridgehead atoms. The van der Waals surface area contributed by atoms with Gasteiger partial charge >= 0.3 is 5.97 Å². The van der Waals surface area contributed by atoms with Crippen LogP contribution in [0.3, 0.4) is 0 Å². The summed E-state index contributed by atoms with van der Waals surface area (Å²) >= 11 is 0. The molecular formula is C17H15FN6O6. The summed E-state index contributed by atoms with van der Waals surface area (Å²) in [6.45, 7) is -0.948. The molecule has 1 unspecified atom stereocenters. The van der Waals surface area contributed by atoms with Gasteiger partial charge in [0.15, 0.2) is 0 Å². The minimum Gasteiger partial charge on any atom is -0.480 e. The Labute approximate surface area is 167 Å². The van der Waals surface area contributed by atoms with Crippen molar-refractivity contribution in [3.05, 3.63) is 39.5 Å². The summed E-state index contributed by atoms with van der Waals surface area (Å²) < 4.78 is 14.7. The number of halogens is 1. The molecule has 1 saturated heterocycles. The number of anilines is 1. The predicted molar refractivity (Wildman–Crippen MR) is 96.9 cm³/mol. The van der Waals surface area contributed by atoms with E-state index in [-0.39, 0.29) is 42.7 Å². The van der Waals surface area contributed by atoms with E-state index in [2.05, 4.69) is 15.3 Å². The highest BCUT2D eigenvalue weighted by Gasteiger charge is 2.45. The van der Waals surface area contributed by atoms with Crippen molar-refractivity contribution in [1.29, 1.82) is 0 Å². The van der Waals surface area contributed by atoms with Gasteiger partial charge in [0.05, 0.1) is 16.8 Å². The molecule has 4 amide bonds. The van der Waals surface area contributed by atoms with Crippen molar-refractivity contribution in [1.82, 2.24) is 10.2 Å². The zero-order valence-electron chi connectivity index (χ0n) is 15.4. The van der Waals surface area contributed by atoms with Gasteiger partial charge < -0.3 is 10.0 Å². The zero-order chi connectivity index (χ0) is 22.0. The van der Waals surface area contributed by atoms with Crippen LogP contribution in [0, 0.1) is 5.82 Å². The van der Waals surface area contributed by atoms with Crippen LogP contribution in [0.5, 0.6) is 0 Å². The number of rotatable bonds is 7. The molecule has 0 saturated carbocycles. The van der Waals surface area contributed by atoms with E-state index >= 15 is 0 Å². The minimum atomic E-state index is -1.29. The van der Waals surface area contributed by atoms with Gasteiger partial charge in [-0.3, -0.25) is 34.2 Å². The Morgan fingerprint density at radius 3 is 2.57 bits per heavy atom. The van der Waals surface area contributed by atoms with Crippen LogP contribution in [0.15, 0.2) is 17.2 Å². The standard InChI is InChI=1S/C17H15FN6O6/c18-10-5-8-9(6-12(10)23(7-14(26)27)4-3-20-22-19)17(30)24(16(8)29)11-1-2-13(25)21-15(11)28/h5-6,11H,1-4,7H2,(H,26,27)(H,21,25,28). The molecule has 0 spiro atoms. The average molecular weight is 418 g/mol. The van der Waals surface area contributed by atoms with Crippen molar-refractivity contribution in [2.24, 2.45) is 5.11 Å². The topological polar surface area (TPSA) is 173 Å². The third-order valence-corrected chi connectivity index (χ3v) is 4.71. The number of nitrogens with zero attached hydrogens (tertiary/aromatic N) is 5. The van der Waals surface area contributed by atoms with Crippen molar-refractivity contribution in [2.45, 2.75) is 18.9 Å². The lowest BCUT2D eigenvalue weighted by molar-refractivity contribution is -0.137. The molecule has 30 heavy (non-hydrogen) atoms. The minimum absolute atomic E-state index is 0.0528. The number of hydrogen-bond acceptors (Lipinski definition) is 7. The number of benzene rings is 1. The maximum Gasteiger partial charge on any atom is 0.323 e. The maximum atomic E-state index is 14.7. The lowest BCUT2D eigenvalue weighted by atomic mass is 10.0. The second-order valence-electron chi connectivity index (χ2n) is 6.57. The average Bonchev–Trinajstić information content (AvgIpc) is 2.90. The Bertz CT molecular complexity index is 1020. The van der Waals surface area contributed by atoms with Crippen LogP contribution < -0.4 is 10.2 Å². The van der Waals surface area contributed by atoms with Gasteiger partial charge in [-0.1, -0.05) is 5.11 Å². The smallest absolute Gasteiger partial charge is 0.323 e. The first kappa shape index (κ1) is 20.7. The van der Waals surface area contributed by atoms with Gasteiger partial charge in [0.1, 0.15) is 18.4 Å². The number of fused-ring (bicyclic) bond motifs is 1. The number of imide groups is 2. The highest BCUT2D eigenvalue weighted by Crippen LogP contribution is 2.32. The van der Waals surface area contributed by atoms with Crippen LogP contribution >= 0.6 is 0 Å². The van der Waals surface area contributed by atoms with Crippen molar-refractivity contribution >= 4 is 35.3 Å². The molecule has 12 nitrogen and oxygen atoms in total. The first-order valence-corrected chi connectivity index (χ1v) is 8.77. The number of piperidine rings is 1. The highest BCUT2D eigenvalue weighted by atomic mass is 19.1. The molecule has 156 valence electrons. The van der Waals surface area contributed by atoms with Gasteiger partial charge in [-0.2, -0.15) is 0 Å². The maximum absolute atomic E-state index is 14.7. The summed E-state index contributed by atoms with van der Waals surface area (Å²) in [6.07, 6.45) is -0.113. The fraction of sp³-hybridized carbons (Fsp3) is 0.353. The molecule has 1 atom stereocenters. The van der Waals surface area contributed by atoms with E-state index in [1.807, 2.05) is 0 Å². The summed E-state index contributed by atoms with van der Waals surface area (Å²) in [5.41, 5.74) is 7.65. The van der Waals surface area contributed by atoms with Crippen LogP contribution in [0.2, 0.25) is 0 Å². The summed E-state index contributed by atoms with van der Waals surface area (Å²) in [6, 6.07) is 0.636. The van der Waals surface area contributed by atoms with E-state index in [4.69, 9.17) is 10.6 Å². The fourth-order valence-corrected chi connectivity index (χ4v) is 3.38. The summed E-state index contributed by atoms with van der Waals surface area (Å²) in [5, 5.41) is 14.4. The van der Waals surface area contributed by atoms with Gasteiger partial charge in [0.2, 0.25) is 11.8 Å². The van der Waals surface area contributed by atoms with Crippen LogP contribution in [-0.4, -0.2) is 65.3 Å². The summed E-state index contributed by atoms with van der Waals surface area (Å²) in [5.74, 6) is -5.30. The van der Waals surface area contributed by atoms with Crippen LogP contribution in [0.1, 0.15) is 33.6 Å². The first-order valence-electron chi connectivity index (χ1n) is 8.77. The Hall–Kier alpha value is -3.99. The van der Waals surface area contributed by atoms with Gasteiger partial charge in [-0.25, -0.2) is 4.39 Å². The Morgan fingerprint density at radius 2 is 1.97 bits per heavy atom. The molecule has 1 fully saturated rings. The quantitative estimate of drug-likeness (QED) is 0.279. The Balaban J connectivity index is 1.96. The highest BCUT2D eigenvalue weighted by molar-refractivity contribution is 6.23. The number of aliphatic carboxylic acids is 1. The third kappa shape index (κ3) is 3.78. The van der Waals surface area contributed by atoms with Gasteiger partial charge in [-0.05, 0) is 24.1 Å². The molecule has 2 aliphatic rings. The number of hydrogen-bond donors (Lipinski definition) is 2. The van der Waals surface area contributed by atoms with Gasteiger partial charge in [-0.15, -0.1) is 0 Å². The molecule has 2 aliphatic heterocycles. The number of carboxylic acid groups (broad SMARTS) is 1. The second-order valence-corrected chi connectivity index (χ2v) is 6.57. The Kier molecular flexibility index (Phi) is 5.65. The largest absolute Gasteiger partial charge is 0.480 e. The van der Waals surface area contributed by atoms with Crippen LogP contribution in [0.4, 0.5) is 10.1 Å². The molecular weight excluding hydrogens is 403 g/mol. The normalized spacial score (nSPS) is 18.0. The number of nitrogens with one attached hydrogen (secondary N) is 1. The molecule has 0 aliphatic carbocycles. The monoisotopic (exact) mass is 418 g/mol. The van der Waals surface area contributed by atoms with Gasteiger partial charge in [0.25, 0.3) is 11.8 Å². The van der Waals surface area contributed by atoms with E-state index in [0.29, 0.717) is 4.90 Å². The third-order valence-electron chi connectivity index (χ3n) is 4.71. The SMILES string of the molecule is [N-]=[N+]=NCCN(CC(=O)O)c1cc2c(cc1F)C(=O)N(C1CCC(=O)NC1=O)C2=O. The van der Waals surface area contributed by atoms with E-state index in [1.165, 1.54) is 0 Å². The van der Waals surface area contributed by atoms with E-state index in [9.17, 15) is 28.4 Å². The Morgan fingerprint density at radius 1 is 1.30 bits per heavy atom. The lowest BCUT2D eigenvalue weighted by Crippen LogP contribution is -2.54. The van der Waals surface area contributed by atoms with Crippen molar-refractivity contribution in [3.8, 4) is 0 Å². The molecule has 1 aromatic carbocycles.